The summed E-state index contributed by atoms with van der Waals surface area (Å²) >= 11 is 0. The summed E-state index contributed by atoms with van der Waals surface area (Å²) < 4.78 is 0. The molecule has 2 N–H and O–H groups in total. The predicted molar refractivity (Wildman–Crippen MR) is 52.9 cm³/mol. The first-order chi connectivity index (χ1) is 7.04. The number of rotatable bonds is 4. The second-order valence-electron chi connectivity index (χ2n) is 4.23. The Balaban J connectivity index is 2.34. The van der Waals surface area contributed by atoms with Crippen molar-refractivity contribution in [3.63, 3.8) is 0 Å². The highest BCUT2D eigenvalue weighted by Crippen LogP contribution is 2.35. The Morgan fingerprint density at radius 3 is 2.47 bits per heavy atom. The van der Waals surface area contributed by atoms with E-state index in [9.17, 15) is 9.59 Å². The van der Waals surface area contributed by atoms with Crippen LogP contribution in [0.15, 0.2) is 0 Å². The summed E-state index contributed by atoms with van der Waals surface area (Å²) in [7, 11) is 0. The van der Waals surface area contributed by atoms with E-state index in [0.717, 1.165) is 25.7 Å². The van der Waals surface area contributed by atoms with Crippen molar-refractivity contribution in [1.82, 2.24) is 5.48 Å². The summed E-state index contributed by atoms with van der Waals surface area (Å²) in [5.74, 6) is -1.30. The number of carboxylic acid groups (broad SMARTS) is 1. The maximum absolute atomic E-state index is 11.7. The predicted octanol–water partition coefficient (Wildman–Crippen LogP) is 1.09. The summed E-state index contributed by atoms with van der Waals surface area (Å²) in [4.78, 5) is 26.4. The number of nitrogens with one attached hydrogen (secondary N) is 1. The molecule has 5 heteroatoms. The number of carbonyl (C=O) groups is 2. The number of amides is 1. The minimum Gasteiger partial charge on any atom is -0.479 e. The molecule has 0 aromatic rings. The van der Waals surface area contributed by atoms with Gasteiger partial charge in [-0.05, 0) is 12.8 Å². The third-order valence-electron chi connectivity index (χ3n) is 2.87. The van der Waals surface area contributed by atoms with E-state index in [0.29, 0.717) is 0 Å². The molecule has 1 saturated carbocycles. The Hall–Kier alpha value is -1.10. The molecule has 0 unspecified atom stereocenters. The van der Waals surface area contributed by atoms with E-state index in [1.54, 1.807) is 0 Å². The molecule has 0 aromatic carbocycles. The third-order valence-corrected chi connectivity index (χ3v) is 2.87. The molecule has 0 radical (unpaired) electrons. The molecule has 1 aliphatic carbocycles. The van der Waals surface area contributed by atoms with Crippen LogP contribution in [0.4, 0.5) is 0 Å². The van der Waals surface area contributed by atoms with Crippen LogP contribution in [0.2, 0.25) is 0 Å². The Bertz CT molecular complexity index is 246. The van der Waals surface area contributed by atoms with Crippen molar-refractivity contribution in [2.24, 2.45) is 5.41 Å². The molecule has 0 atom stereocenters. The number of hydrogen-bond acceptors (Lipinski definition) is 3. The van der Waals surface area contributed by atoms with Crippen molar-refractivity contribution < 1.29 is 19.5 Å². The normalized spacial score (nSPS) is 19.5. The van der Waals surface area contributed by atoms with E-state index in [1.807, 2.05) is 6.92 Å². The van der Waals surface area contributed by atoms with E-state index >= 15 is 0 Å². The topological polar surface area (TPSA) is 75.6 Å². The molecule has 0 spiro atoms. The number of hydroxylamine groups is 1. The molecule has 0 aliphatic heterocycles. The van der Waals surface area contributed by atoms with Gasteiger partial charge in [0.2, 0.25) is 5.91 Å². The van der Waals surface area contributed by atoms with Gasteiger partial charge in [0.05, 0.1) is 0 Å². The fourth-order valence-corrected chi connectivity index (χ4v) is 1.85. The zero-order valence-electron chi connectivity index (χ0n) is 8.91. The van der Waals surface area contributed by atoms with Crippen molar-refractivity contribution in [3.8, 4) is 0 Å². The zero-order chi connectivity index (χ0) is 11.3. The number of hydrogen-bond donors (Lipinski definition) is 2. The maximum atomic E-state index is 11.7. The highest BCUT2D eigenvalue weighted by molar-refractivity contribution is 5.81. The highest BCUT2D eigenvalue weighted by atomic mass is 16.7. The van der Waals surface area contributed by atoms with Gasteiger partial charge in [0.15, 0.2) is 6.61 Å². The van der Waals surface area contributed by atoms with Crippen LogP contribution in [0.25, 0.3) is 0 Å². The lowest BCUT2D eigenvalue weighted by molar-refractivity contribution is -0.154. The van der Waals surface area contributed by atoms with Crippen LogP contribution < -0.4 is 5.48 Å². The van der Waals surface area contributed by atoms with Gasteiger partial charge >= 0.3 is 5.97 Å². The van der Waals surface area contributed by atoms with Gasteiger partial charge in [-0.15, -0.1) is 0 Å². The average Bonchev–Trinajstić information content (AvgIpc) is 2.18. The van der Waals surface area contributed by atoms with Crippen molar-refractivity contribution in [2.45, 2.75) is 39.0 Å². The molecule has 1 rings (SSSR count). The van der Waals surface area contributed by atoms with Crippen LogP contribution in [0.1, 0.15) is 39.0 Å². The van der Waals surface area contributed by atoms with Crippen LogP contribution in [-0.2, 0) is 14.4 Å². The van der Waals surface area contributed by atoms with Gasteiger partial charge in [-0.1, -0.05) is 26.2 Å². The quantitative estimate of drug-likeness (QED) is 0.688. The molecule has 0 bridgehead atoms. The third kappa shape index (κ3) is 3.51. The van der Waals surface area contributed by atoms with E-state index in [2.05, 4.69) is 10.3 Å². The zero-order valence-corrected chi connectivity index (χ0v) is 8.91. The fraction of sp³-hybridized carbons (Fsp3) is 0.800. The molecule has 1 aliphatic rings. The van der Waals surface area contributed by atoms with Crippen molar-refractivity contribution in [1.29, 1.82) is 0 Å². The van der Waals surface area contributed by atoms with E-state index in [-0.39, 0.29) is 5.91 Å². The van der Waals surface area contributed by atoms with Crippen molar-refractivity contribution >= 4 is 11.9 Å². The smallest absolute Gasteiger partial charge is 0.332 e. The Morgan fingerprint density at radius 1 is 1.33 bits per heavy atom. The van der Waals surface area contributed by atoms with Crippen LogP contribution in [0.5, 0.6) is 0 Å². The average molecular weight is 215 g/mol. The first-order valence-electron chi connectivity index (χ1n) is 5.19. The van der Waals surface area contributed by atoms with Crippen LogP contribution in [0.3, 0.4) is 0 Å². The first kappa shape index (κ1) is 12.0. The minimum atomic E-state index is -1.09. The summed E-state index contributed by atoms with van der Waals surface area (Å²) in [6, 6.07) is 0. The van der Waals surface area contributed by atoms with Gasteiger partial charge in [-0.3, -0.25) is 9.63 Å². The van der Waals surface area contributed by atoms with E-state index < -0.39 is 18.0 Å². The second kappa shape index (κ2) is 5.11. The van der Waals surface area contributed by atoms with Crippen LogP contribution in [0, 0.1) is 5.41 Å². The molecule has 0 aromatic heterocycles. The Labute approximate surface area is 88.8 Å². The molecule has 86 valence electrons. The van der Waals surface area contributed by atoms with Gasteiger partial charge in [0.1, 0.15) is 0 Å². The summed E-state index contributed by atoms with van der Waals surface area (Å²) in [5.41, 5.74) is 1.81. The SMILES string of the molecule is CC1(C(=O)NOCC(=O)O)CCCCC1. The van der Waals surface area contributed by atoms with Gasteiger partial charge in [-0.2, -0.15) is 0 Å². The lowest BCUT2D eigenvalue weighted by atomic mass is 9.75. The molecule has 0 saturated heterocycles. The molecule has 1 fully saturated rings. The van der Waals surface area contributed by atoms with Gasteiger partial charge in [0, 0.05) is 5.41 Å². The van der Waals surface area contributed by atoms with Crippen LogP contribution >= 0.6 is 0 Å². The standard InChI is InChI=1S/C10H17NO4/c1-10(5-3-2-4-6-10)9(14)11-15-7-8(12)13/h2-7H2,1H3,(H,11,14)(H,12,13). The fourth-order valence-electron chi connectivity index (χ4n) is 1.85. The molecule has 0 heterocycles. The molecule has 15 heavy (non-hydrogen) atoms. The largest absolute Gasteiger partial charge is 0.479 e. The number of carboxylic acids is 1. The molecular formula is C10H17NO4. The van der Waals surface area contributed by atoms with Crippen molar-refractivity contribution in [2.75, 3.05) is 6.61 Å². The second-order valence-corrected chi connectivity index (χ2v) is 4.23. The number of aliphatic carboxylic acids is 1. The molecular weight excluding hydrogens is 198 g/mol. The van der Waals surface area contributed by atoms with E-state index in [4.69, 9.17) is 5.11 Å². The summed E-state index contributed by atoms with van der Waals surface area (Å²) in [5, 5.41) is 8.32. The maximum Gasteiger partial charge on any atom is 0.332 e. The van der Waals surface area contributed by atoms with Gasteiger partial charge in [-0.25, -0.2) is 10.3 Å². The molecule has 5 nitrogen and oxygen atoms in total. The van der Waals surface area contributed by atoms with E-state index in [1.165, 1.54) is 6.42 Å². The van der Waals surface area contributed by atoms with Crippen LogP contribution in [-0.4, -0.2) is 23.6 Å². The Kier molecular flexibility index (Phi) is 4.08. The summed E-state index contributed by atoms with van der Waals surface area (Å²) in [6.45, 7) is 1.40. The van der Waals surface area contributed by atoms with Gasteiger partial charge < -0.3 is 5.11 Å². The van der Waals surface area contributed by atoms with Gasteiger partial charge in [0.25, 0.3) is 0 Å². The minimum absolute atomic E-state index is 0.205. The lowest BCUT2D eigenvalue weighted by Gasteiger charge is -2.31. The number of carbonyl (C=O) groups excluding carboxylic acids is 1. The lowest BCUT2D eigenvalue weighted by Crippen LogP contribution is -2.40. The monoisotopic (exact) mass is 215 g/mol. The molecule has 1 amide bonds. The summed E-state index contributed by atoms with van der Waals surface area (Å²) in [6.07, 6.45) is 4.94. The Morgan fingerprint density at radius 2 is 1.93 bits per heavy atom. The first-order valence-corrected chi connectivity index (χ1v) is 5.19. The highest BCUT2D eigenvalue weighted by Gasteiger charge is 2.34. The van der Waals surface area contributed by atoms with Crippen molar-refractivity contribution in [3.05, 3.63) is 0 Å².